The lowest BCUT2D eigenvalue weighted by Crippen LogP contribution is -2.32. The van der Waals surface area contributed by atoms with Crippen molar-refractivity contribution in [3.8, 4) is 0 Å². The molecular weight excluding hydrogens is 376 g/mol. The van der Waals surface area contributed by atoms with E-state index in [0.717, 1.165) is 65.8 Å². The zero-order valence-electron chi connectivity index (χ0n) is 16.3. The Morgan fingerprint density at radius 1 is 0.633 bits per heavy atom. The fourth-order valence-corrected chi connectivity index (χ4v) is 4.95. The molecule has 0 radical (unpaired) electrons. The van der Waals surface area contributed by atoms with Crippen molar-refractivity contribution >= 4 is 54.6 Å². The number of fused-ring (bicyclic) bond motifs is 9. The molecule has 0 aliphatic heterocycles. The van der Waals surface area contributed by atoms with Crippen molar-refractivity contribution in [2.45, 2.75) is 25.2 Å². The lowest BCUT2D eigenvalue weighted by Gasteiger charge is -2.09. The van der Waals surface area contributed by atoms with Crippen LogP contribution in [0.15, 0.2) is 36.7 Å². The van der Waals surface area contributed by atoms with Crippen molar-refractivity contribution in [1.29, 1.82) is 0 Å². The highest BCUT2D eigenvalue weighted by atomic mass is 14.9. The molecule has 0 spiro atoms. The van der Waals surface area contributed by atoms with Gasteiger partial charge in [0.25, 0.3) is 0 Å². The van der Waals surface area contributed by atoms with E-state index in [1.54, 1.807) is 0 Å². The van der Waals surface area contributed by atoms with Gasteiger partial charge in [-0.2, -0.15) is 0 Å². The van der Waals surface area contributed by atoms with Gasteiger partial charge in [0.15, 0.2) is 0 Å². The molecule has 12 N–H and O–H groups in total. The summed E-state index contributed by atoms with van der Waals surface area (Å²) >= 11 is 0. The van der Waals surface area contributed by atoms with Crippen molar-refractivity contribution < 1.29 is 0 Å². The van der Waals surface area contributed by atoms with E-state index in [-0.39, 0.29) is 0 Å². The summed E-state index contributed by atoms with van der Waals surface area (Å²) in [6.45, 7) is 0. The molecule has 152 valence electrons. The van der Waals surface area contributed by atoms with Crippen molar-refractivity contribution in [2.75, 3.05) is 0 Å². The van der Waals surface area contributed by atoms with Crippen LogP contribution in [-0.4, -0.2) is 32.3 Å². The molecule has 0 atom stereocenters. The minimum absolute atomic E-state index is 0.401. The highest BCUT2D eigenvalue weighted by Crippen LogP contribution is 2.40. The Hall–Kier alpha value is -3.30. The van der Waals surface area contributed by atoms with Crippen LogP contribution in [0.2, 0.25) is 0 Å². The van der Waals surface area contributed by atoms with Gasteiger partial charge in [-0.15, -0.1) is 0 Å². The smallest absolute Gasteiger partial charge is 0.0732 e. The molecule has 0 saturated heterocycles. The van der Waals surface area contributed by atoms with Crippen LogP contribution in [0.5, 0.6) is 0 Å². The number of H-pyrrole nitrogens is 4. The fourth-order valence-electron chi connectivity index (χ4n) is 4.95. The number of aromatic amines is 4. The Morgan fingerprint density at radius 3 is 1.47 bits per heavy atom. The first-order chi connectivity index (χ1) is 14.5. The van der Waals surface area contributed by atoms with Crippen molar-refractivity contribution in [3.63, 3.8) is 0 Å². The van der Waals surface area contributed by atoms with Crippen LogP contribution in [0.4, 0.5) is 0 Å². The van der Waals surface area contributed by atoms with Crippen molar-refractivity contribution in [1.82, 2.24) is 19.9 Å². The standard InChI is InChI=1S/C22H24N8/c23-15(24)7-9-5-13-17(11-1-3-27-19(9)11)21-22(29-13)18-12-2-4-28-20(12)10(8-16(25)26)6-14(18)30-21/h1-6,15-16,27-30H,7-8,23-26H2. The average Bonchev–Trinajstić information content (AvgIpc) is 3.42. The molecule has 0 aliphatic carbocycles. The van der Waals surface area contributed by atoms with Crippen LogP contribution in [0.1, 0.15) is 11.1 Å². The Labute approximate surface area is 170 Å². The molecule has 8 heteroatoms. The second-order valence-corrected chi connectivity index (χ2v) is 8.19. The van der Waals surface area contributed by atoms with E-state index < -0.39 is 12.3 Å². The molecule has 30 heavy (non-hydrogen) atoms. The number of aromatic nitrogens is 4. The number of hydrogen-bond acceptors (Lipinski definition) is 4. The number of nitrogens with two attached hydrogens (primary N) is 4. The SMILES string of the molecule is NC(N)Cc1cc2[nH]c3c([nH]c4cc(CC(N)N)c5[nH]ccc5c43)c2c2cc[nH]c12. The van der Waals surface area contributed by atoms with Gasteiger partial charge in [-0.25, -0.2) is 0 Å². The maximum absolute atomic E-state index is 5.88. The zero-order valence-corrected chi connectivity index (χ0v) is 16.3. The first-order valence-corrected chi connectivity index (χ1v) is 10.1. The van der Waals surface area contributed by atoms with Crippen LogP contribution < -0.4 is 22.9 Å². The van der Waals surface area contributed by atoms with Gasteiger partial charge in [0.2, 0.25) is 0 Å². The summed E-state index contributed by atoms with van der Waals surface area (Å²) in [5, 5.41) is 4.62. The highest BCUT2D eigenvalue weighted by molar-refractivity contribution is 6.28. The van der Waals surface area contributed by atoms with Crippen LogP contribution in [-0.2, 0) is 12.8 Å². The predicted molar refractivity (Wildman–Crippen MR) is 123 cm³/mol. The Bertz CT molecular complexity index is 1440. The minimum atomic E-state index is -0.401. The van der Waals surface area contributed by atoms with E-state index in [9.17, 15) is 0 Å². The predicted octanol–water partition coefficient (Wildman–Crippen LogP) is 2.34. The van der Waals surface area contributed by atoms with Gasteiger partial charge < -0.3 is 42.9 Å². The molecule has 4 aromatic heterocycles. The Balaban J connectivity index is 1.73. The number of nitrogens with one attached hydrogen (secondary N) is 4. The van der Waals surface area contributed by atoms with E-state index in [4.69, 9.17) is 22.9 Å². The second-order valence-electron chi connectivity index (χ2n) is 8.19. The summed E-state index contributed by atoms with van der Waals surface area (Å²) in [6, 6.07) is 8.51. The van der Waals surface area contributed by atoms with Gasteiger partial charge in [-0.3, -0.25) is 0 Å². The monoisotopic (exact) mass is 400 g/mol. The summed E-state index contributed by atoms with van der Waals surface area (Å²) in [7, 11) is 0. The molecule has 0 unspecified atom stereocenters. The first-order valence-electron chi connectivity index (χ1n) is 10.1. The summed E-state index contributed by atoms with van der Waals surface area (Å²) in [5.41, 5.74) is 32.2. The largest absolute Gasteiger partial charge is 0.361 e. The van der Waals surface area contributed by atoms with E-state index in [1.807, 2.05) is 12.4 Å². The molecule has 6 rings (SSSR count). The lowest BCUT2D eigenvalue weighted by atomic mass is 10.0. The van der Waals surface area contributed by atoms with E-state index >= 15 is 0 Å². The van der Waals surface area contributed by atoms with Crippen LogP contribution in [0.25, 0.3) is 54.6 Å². The Kier molecular flexibility index (Phi) is 3.57. The van der Waals surface area contributed by atoms with Gasteiger partial charge in [0.05, 0.1) is 23.4 Å². The number of hydrogen-bond donors (Lipinski definition) is 8. The molecule has 0 saturated carbocycles. The molecule has 0 bridgehead atoms. The zero-order chi connectivity index (χ0) is 20.6. The third kappa shape index (κ3) is 2.36. The molecular formula is C22H24N8. The van der Waals surface area contributed by atoms with Gasteiger partial charge in [-0.05, 0) is 35.4 Å². The Morgan fingerprint density at radius 2 is 1.07 bits per heavy atom. The minimum Gasteiger partial charge on any atom is -0.361 e. The van der Waals surface area contributed by atoms with Crippen molar-refractivity contribution in [2.24, 2.45) is 22.9 Å². The summed E-state index contributed by atoms with van der Waals surface area (Å²) < 4.78 is 0. The summed E-state index contributed by atoms with van der Waals surface area (Å²) in [6.07, 6.45) is 4.32. The lowest BCUT2D eigenvalue weighted by molar-refractivity contribution is 0.706. The number of benzene rings is 2. The maximum atomic E-state index is 5.88. The van der Waals surface area contributed by atoms with Gasteiger partial charge >= 0.3 is 0 Å². The molecule has 4 heterocycles. The van der Waals surface area contributed by atoms with Gasteiger partial charge in [0.1, 0.15) is 0 Å². The van der Waals surface area contributed by atoms with E-state index in [2.05, 4.69) is 44.2 Å². The number of rotatable bonds is 4. The van der Waals surface area contributed by atoms with Crippen LogP contribution >= 0.6 is 0 Å². The molecule has 2 aromatic carbocycles. The maximum Gasteiger partial charge on any atom is 0.0732 e. The fraction of sp³-hybridized carbons (Fsp3) is 0.182. The first kappa shape index (κ1) is 17.5. The topological polar surface area (TPSA) is 167 Å². The third-order valence-electron chi connectivity index (χ3n) is 6.03. The third-order valence-corrected chi connectivity index (χ3v) is 6.03. The van der Waals surface area contributed by atoms with E-state index in [0.29, 0.717) is 12.8 Å². The average molecular weight is 400 g/mol. The highest BCUT2D eigenvalue weighted by Gasteiger charge is 2.19. The van der Waals surface area contributed by atoms with Gasteiger partial charge in [0, 0.05) is 68.8 Å². The van der Waals surface area contributed by atoms with Gasteiger partial charge in [-0.1, -0.05) is 0 Å². The van der Waals surface area contributed by atoms with Crippen LogP contribution in [0.3, 0.4) is 0 Å². The summed E-state index contributed by atoms with van der Waals surface area (Å²) in [4.78, 5) is 14.0. The quantitative estimate of drug-likeness (QED) is 0.213. The second kappa shape index (κ2) is 6.10. The van der Waals surface area contributed by atoms with E-state index in [1.165, 1.54) is 0 Å². The van der Waals surface area contributed by atoms with Crippen molar-refractivity contribution in [3.05, 3.63) is 47.8 Å². The molecule has 6 aromatic rings. The normalized spacial score (nSPS) is 12.9. The molecule has 0 fully saturated rings. The summed E-state index contributed by atoms with van der Waals surface area (Å²) in [5.74, 6) is 0. The van der Waals surface area contributed by atoms with Crippen LogP contribution in [0, 0.1) is 0 Å². The molecule has 0 aliphatic rings. The molecule has 0 amide bonds. The molecule has 8 nitrogen and oxygen atoms in total.